The third-order valence-electron chi connectivity index (χ3n) is 2.86. The van der Waals surface area contributed by atoms with Crippen LogP contribution in [-0.4, -0.2) is 25.2 Å². The van der Waals surface area contributed by atoms with E-state index in [9.17, 15) is 22.8 Å². The van der Waals surface area contributed by atoms with Gasteiger partial charge in [-0.25, -0.2) is 15.4 Å². The van der Waals surface area contributed by atoms with Crippen molar-refractivity contribution in [2.24, 2.45) is 5.84 Å². The molecule has 26 heavy (non-hydrogen) atoms. The summed E-state index contributed by atoms with van der Waals surface area (Å²) in [6, 6.07) is 1.23. The predicted octanol–water partition coefficient (Wildman–Crippen LogP) is 3.70. The molecule has 0 saturated heterocycles. The van der Waals surface area contributed by atoms with Crippen LogP contribution in [0.15, 0.2) is 23.9 Å². The van der Waals surface area contributed by atoms with Gasteiger partial charge < -0.3 is 9.47 Å². The summed E-state index contributed by atoms with van der Waals surface area (Å²) >= 11 is 11.7. The lowest BCUT2D eigenvalue weighted by atomic mass is 10.2. The zero-order chi connectivity index (χ0) is 20.1. The quantitative estimate of drug-likeness (QED) is 0.191. The van der Waals surface area contributed by atoms with Gasteiger partial charge in [0, 0.05) is 6.20 Å². The number of hydrogen-bond acceptors (Lipinski definition) is 6. The number of benzene rings is 1. The molecule has 1 rings (SSSR count). The van der Waals surface area contributed by atoms with Gasteiger partial charge in [-0.2, -0.15) is 13.2 Å². The fourth-order valence-electron chi connectivity index (χ4n) is 1.79. The maximum Gasteiger partial charge on any atom is 0.416 e. The summed E-state index contributed by atoms with van der Waals surface area (Å²) in [6.07, 6.45) is -3.85. The highest BCUT2D eigenvalue weighted by atomic mass is 35.5. The second-order valence-electron chi connectivity index (χ2n) is 4.68. The first-order chi connectivity index (χ1) is 12.0. The Balaban J connectivity index is 3.34. The van der Waals surface area contributed by atoms with Crippen LogP contribution in [0.1, 0.15) is 19.4 Å². The van der Waals surface area contributed by atoms with E-state index in [0.717, 1.165) is 6.20 Å². The Morgan fingerprint density at radius 1 is 1.12 bits per heavy atom. The van der Waals surface area contributed by atoms with E-state index in [1.807, 2.05) is 0 Å². The summed E-state index contributed by atoms with van der Waals surface area (Å²) in [4.78, 5) is 23.8. The fraction of sp³-hybridized carbons (Fsp3) is 0.333. The molecule has 1 aromatic carbocycles. The van der Waals surface area contributed by atoms with Crippen LogP contribution >= 0.6 is 23.2 Å². The molecule has 0 saturated carbocycles. The number of nitrogens with zero attached hydrogens (tertiary/aromatic N) is 1. The number of ether oxygens (including phenoxy) is 2. The van der Waals surface area contributed by atoms with E-state index in [1.54, 1.807) is 0 Å². The van der Waals surface area contributed by atoms with Crippen molar-refractivity contribution >= 4 is 40.8 Å². The summed E-state index contributed by atoms with van der Waals surface area (Å²) in [5.41, 5.74) is -1.90. The zero-order valence-electron chi connectivity index (χ0n) is 13.7. The lowest BCUT2D eigenvalue weighted by Gasteiger charge is -2.20. The Labute approximate surface area is 157 Å². The first-order valence-electron chi connectivity index (χ1n) is 7.19. The van der Waals surface area contributed by atoms with E-state index in [1.165, 1.54) is 13.8 Å². The highest BCUT2D eigenvalue weighted by Crippen LogP contribution is 2.39. The van der Waals surface area contributed by atoms with Crippen molar-refractivity contribution in [3.8, 4) is 0 Å². The molecule has 11 heteroatoms. The SMILES string of the molecule is CCOC(=O)C(=CN(N)c1c(Cl)cc(C(F)(F)F)cc1Cl)C(=O)OCC. The lowest BCUT2D eigenvalue weighted by molar-refractivity contribution is -0.146. The molecule has 0 atom stereocenters. The van der Waals surface area contributed by atoms with Crippen LogP contribution in [0.5, 0.6) is 0 Å². The molecule has 144 valence electrons. The second-order valence-corrected chi connectivity index (χ2v) is 5.49. The minimum absolute atomic E-state index is 0.0259. The van der Waals surface area contributed by atoms with Crippen LogP contribution in [0.25, 0.3) is 0 Å². The maximum atomic E-state index is 12.8. The van der Waals surface area contributed by atoms with Gasteiger partial charge in [0.05, 0.1) is 34.5 Å². The number of nitrogens with two attached hydrogens (primary N) is 1. The van der Waals surface area contributed by atoms with E-state index in [2.05, 4.69) is 0 Å². The number of hydrazine groups is 1. The number of carbonyl (C=O) groups is 2. The molecule has 0 fully saturated rings. The van der Waals surface area contributed by atoms with E-state index < -0.39 is 39.3 Å². The van der Waals surface area contributed by atoms with Crippen molar-refractivity contribution < 1.29 is 32.2 Å². The van der Waals surface area contributed by atoms with Crippen LogP contribution in [0.2, 0.25) is 10.0 Å². The standard InChI is InChI=1S/C15H15Cl2F3N2O4/c1-3-25-13(23)9(14(24)26-4-2)7-22(21)12-10(16)5-8(6-11(12)17)15(18,19)20/h5-7H,3-4,21H2,1-2H3. The van der Waals surface area contributed by atoms with Crippen molar-refractivity contribution in [3.05, 3.63) is 39.5 Å². The molecule has 0 heterocycles. The highest BCUT2D eigenvalue weighted by molar-refractivity contribution is 6.39. The third kappa shape index (κ3) is 5.52. The van der Waals surface area contributed by atoms with Crippen molar-refractivity contribution in [1.29, 1.82) is 0 Å². The average Bonchev–Trinajstić information content (AvgIpc) is 2.51. The van der Waals surface area contributed by atoms with Gasteiger partial charge in [0.15, 0.2) is 5.57 Å². The second kappa shape index (κ2) is 9.11. The lowest BCUT2D eigenvalue weighted by Crippen LogP contribution is -2.29. The molecule has 0 amide bonds. The number of halogens is 5. The summed E-state index contributed by atoms with van der Waals surface area (Å²) < 4.78 is 47.8. The third-order valence-corrected chi connectivity index (χ3v) is 3.44. The predicted molar refractivity (Wildman–Crippen MR) is 89.5 cm³/mol. The Morgan fingerprint density at radius 3 is 1.88 bits per heavy atom. The smallest absolute Gasteiger partial charge is 0.416 e. The maximum absolute atomic E-state index is 12.8. The van der Waals surface area contributed by atoms with Gasteiger partial charge >= 0.3 is 18.1 Å². The van der Waals surface area contributed by atoms with Crippen LogP contribution < -0.4 is 10.9 Å². The molecular formula is C15H15Cl2F3N2O4. The molecule has 0 radical (unpaired) electrons. The van der Waals surface area contributed by atoms with Crippen molar-refractivity contribution in [2.75, 3.05) is 18.2 Å². The van der Waals surface area contributed by atoms with Crippen molar-refractivity contribution in [3.63, 3.8) is 0 Å². The van der Waals surface area contributed by atoms with Crippen LogP contribution in [0.3, 0.4) is 0 Å². The largest absolute Gasteiger partial charge is 0.462 e. The number of hydrogen-bond donors (Lipinski definition) is 1. The number of rotatable bonds is 6. The minimum Gasteiger partial charge on any atom is -0.462 e. The average molecular weight is 415 g/mol. The Kier molecular flexibility index (Phi) is 7.73. The molecule has 0 spiro atoms. The van der Waals surface area contributed by atoms with Gasteiger partial charge in [-0.1, -0.05) is 23.2 Å². The van der Waals surface area contributed by atoms with Gasteiger partial charge in [-0.05, 0) is 26.0 Å². The van der Waals surface area contributed by atoms with E-state index in [0.29, 0.717) is 17.1 Å². The molecule has 0 aliphatic carbocycles. The molecule has 0 aliphatic heterocycles. The molecular weight excluding hydrogens is 400 g/mol. The highest BCUT2D eigenvalue weighted by Gasteiger charge is 2.32. The van der Waals surface area contributed by atoms with Gasteiger partial charge in [0.2, 0.25) is 0 Å². The molecule has 6 nitrogen and oxygen atoms in total. The Bertz CT molecular complexity index is 680. The van der Waals surface area contributed by atoms with Gasteiger partial charge in [-0.15, -0.1) is 0 Å². The van der Waals surface area contributed by atoms with Gasteiger partial charge in [0.25, 0.3) is 0 Å². The summed E-state index contributed by atoms with van der Waals surface area (Å²) in [5, 5.41) is -0.222. The summed E-state index contributed by atoms with van der Waals surface area (Å²) in [5.74, 6) is 3.66. The zero-order valence-corrected chi connectivity index (χ0v) is 15.2. The first-order valence-corrected chi connectivity index (χ1v) is 7.94. The fourth-order valence-corrected chi connectivity index (χ4v) is 2.47. The number of esters is 2. The molecule has 0 aliphatic rings. The number of anilines is 1. The topological polar surface area (TPSA) is 81.9 Å². The molecule has 2 N–H and O–H groups in total. The molecule has 0 unspecified atom stereocenters. The van der Waals surface area contributed by atoms with Crippen molar-refractivity contribution in [2.45, 2.75) is 20.0 Å². The Hall–Kier alpha value is -1.97. The van der Waals surface area contributed by atoms with Gasteiger partial charge in [-0.3, -0.25) is 5.01 Å². The molecule has 1 aromatic rings. The van der Waals surface area contributed by atoms with Gasteiger partial charge in [0.1, 0.15) is 0 Å². The van der Waals surface area contributed by atoms with Crippen LogP contribution in [-0.2, 0) is 25.2 Å². The van der Waals surface area contributed by atoms with Crippen LogP contribution in [0.4, 0.5) is 18.9 Å². The van der Waals surface area contributed by atoms with E-state index in [4.69, 9.17) is 38.5 Å². The van der Waals surface area contributed by atoms with E-state index >= 15 is 0 Å². The minimum atomic E-state index is -4.66. The molecule has 0 aromatic heterocycles. The molecule has 0 bridgehead atoms. The normalized spacial score (nSPS) is 10.9. The van der Waals surface area contributed by atoms with Crippen molar-refractivity contribution in [1.82, 2.24) is 0 Å². The van der Waals surface area contributed by atoms with E-state index in [-0.39, 0.29) is 18.9 Å². The Morgan fingerprint density at radius 2 is 1.54 bits per heavy atom. The summed E-state index contributed by atoms with van der Waals surface area (Å²) in [7, 11) is 0. The number of carbonyl (C=O) groups excluding carboxylic acids is 2. The van der Waals surface area contributed by atoms with Crippen LogP contribution in [0, 0.1) is 0 Å². The summed E-state index contributed by atoms with van der Waals surface area (Å²) in [6.45, 7) is 2.98. The number of alkyl halides is 3. The first kappa shape index (κ1) is 22.1. The monoisotopic (exact) mass is 414 g/mol.